The highest BCUT2D eigenvalue weighted by molar-refractivity contribution is 5.94. The summed E-state index contributed by atoms with van der Waals surface area (Å²) in [4.78, 5) is 22.1. The molecule has 0 aromatic heterocycles. The highest BCUT2D eigenvalue weighted by atomic mass is 16.5. The Hall–Kier alpha value is -1.79. The molecule has 1 aromatic carbocycles. The van der Waals surface area contributed by atoms with Gasteiger partial charge in [0, 0.05) is 12.8 Å². The largest absolute Gasteiger partial charge is 0.380 e. The molecule has 6 heteroatoms. The van der Waals surface area contributed by atoms with E-state index in [0.717, 1.165) is 11.1 Å². The van der Waals surface area contributed by atoms with Crippen LogP contribution in [-0.4, -0.2) is 26.1 Å². The van der Waals surface area contributed by atoms with Crippen molar-refractivity contribution >= 4 is 11.6 Å². The van der Waals surface area contributed by atoms with Gasteiger partial charge in [-0.15, -0.1) is 0 Å². The van der Waals surface area contributed by atoms with Gasteiger partial charge in [-0.25, -0.2) is 0 Å². The van der Waals surface area contributed by atoms with Crippen LogP contribution < -0.4 is 10.6 Å². The summed E-state index contributed by atoms with van der Waals surface area (Å²) in [5, 5.41) is 8.51. The number of amides is 1. The third-order valence-electron chi connectivity index (χ3n) is 2.70. The van der Waals surface area contributed by atoms with Crippen LogP contribution in [0.3, 0.4) is 0 Å². The van der Waals surface area contributed by atoms with Crippen molar-refractivity contribution in [2.75, 3.05) is 19.5 Å². The lowest BCUT2D eigenvalue weighted by molar-refractivity contribution is -0.117. The van der Waals surface area contributed by atoms with Crippen molar-refractivity contribution in [3.63, 3.8) is 0 Å². The fraction of sp³-hybridized carbons (Fsp3) is 0.462. The number of hydrogen-bond donors (Lipinski definition) is 2. The molecule has 0 fully saturated rings. The zero-order valence-corrected chi connectivity index (χ0v) is 11.4. The van der Waals surface area contributed by atoms with Crippen LogP contribution in [0.4, 0.5) is 5.69 Å². The van der Waals surface area contributed by atoms with Crippen molar-refractivity contribution in [2.45, 2.75) is 26.1 Å². The monoisotopic (exact) mass is 265 g/mol. The van der Waals surface area contributed by atoms with Gasteiger partial charge < -0.3 is 15.4 Å². The second kappa shape index (κ2) is 7.60. The molecule has 1 unspecified atom stereocenters. The zero-order chi connectivity index (χ0) is 14.3. The minimum absolute atomic E-state index is 0.0714. The lowest BCUT2D eigenvalue weighted by Crippen LogP contribution is -2.35. The number of nitrogens with one attached hydrogen (secondary N) is 2. The number of anilines is 1. The average molecular weight is 265 g/mol. The Labute approximate surface area is 112 Å². The Balaban J connectivity index is 2.91. The predicted molar refractivity (Wildman–Crippen MR) is 73.8 cm³/mol. The second-order valence-corrected chi connectivity index (χ2v) is 4.26. The molecule has 0 aliphatic carbocycles. The molecule has 6 nitrogen and oxygen atoms in total. The number of benzene rings is 1. The normalized spacial score (nSPS) is 11.9. The minimum atomic E-state index is -0.293. The Morgan fingerprint density at radius 2 is 2.05 bits per heavy atom. The average Bonchev–Trinajstić information content (AvgIpc) is 2.38. The molecule has 0 spiro atoms. The fourth-order valence-corrected chi connectivity index (χ4v) is 1.63. The first-order valence-electron chi connectivity index (χ1n) is 5.99. The van der Waals surface area contributed by atoms with Gasteiger partial charge in [0.2, 0.25) is 5.91 Å². The maximum absolute atomic E-state index is 11.8. The van der Waals surface area contributed by atoms with Gasteiger partial charge in [-0.1, -0.05) is 11.2 Å². The highest BCUT2D eigenvalue weighted by Gasteiger charge is 2.11. The Morgan fingerprint density at radius 1 is 1.37 bits per heavy atom. The molecule has 1 atom stereocenters. The molecule has 0 saturated heterocycles. The van der Waals surface area contributed by atoms with Gasteiger partial charge in [-0.3, -0.25) is 4.79 Å². The predicted octanol–water partition coefficient (Wildman–Crippen LogP) is 1.65. The van der Waals surface area contributed by atoms with E-state index in [1.165, 1.54) is 0 Å². The Morgan fingerprint density at radius 3 is 2.63 bits per heavy atom. The molecule has 0 saturated carbocycles. The number of hydrogen-bond acceptors (Lipinski definition) is 5. The van der Waals surface area contributed by atoms with Crippen molar-refractivity contribution in [3.8, 4) is 0 Å². The molecular formula is C13H19N3O3. The van der Waals surface area contributed by atoms with E-state index in [4.69, 9.17) is 4.74 Å². The molecule has 1 amide bonds. The second-order valence-electron chi connectivity index (χ2n) is 4.26. The van der Waals surface area contributed by atoms with E-state index >= 15 is 0 Å². The number of carbonyl (C=O) groups is 1. The van der Waals surface area contributed by atoms with Crippen LogP contribution in [0, 0.1) is 4.91 Å². The van der Waals surface area contributed by atoms with Gasteiger partial charge in [0.25, 0.3) is 0 Å². The van der Waals surface area contributed by atoms with Gasteiger partial charge in [0.05, 0.1) is 12.6 Å². The molecule has 104 valence electrons. The number of ether oxygens (including phenoxy) is 1. The summed E-state index contributed by atoms with van der Waals surface area (Å²) in [6, 6.07) is 5.10. The molecule has 1 rings (SSSR count). The van der Waals surface area contributed by atoms with Gasteiger partial charge in [-0.05, 0) is 37.2 Å². The third kappa shape index (κ3) is 4.76. The minimum Gasteiger partial charge on any atom is -0.380 e. The summed E-state index contributed by atoms with van der Waals surface area (Å²) in [7, 11) is 3.30. The summed E-state index contributed by atoms with van der Waals surface area (Å²) in [6.45, 7) is 2.25. The lowest BCUT2D eigenvalue weighted by atomic mass is 10.1. The van der Waals surface area contributed by atoms with Gasteiger partial charge in [0.15, 0.2) is 0 Å². The van der Waals surface area contributed by atoms with E-state index in [9.17, 15) is 9.70 Å². The first kappa shape index (κ1) is 15.3. The molecule has 0 radical (unpaired) electrons. The number of methoxy groups -OCH3 is 1. The van der Waals surface area contributed by atoms with Crippen LogP contribution in [0.1, 0.15) is 18.1 Å². The van der Waals surface area contributed by atoms with Crippen LogP contribution in [0.2, 0.25) is 0 Å². The maximum atomic E-state index is 11.8. The van der Waals surface area contributed by atoms with Gasteiger partial charge in [-0.2, -0.15) is 4.91 Å². The van der Waals surface area contributed by atoms with Crippen molar-refractivity contribution in [1.82, 2.24) is 5.32 Å². The molecule has 2 N–H and O–H groups in total. The highest BCUT2D eigenvalue weighted by Crippen LogP contribution is 2.17. The van der Waals surface area contributed by atoms with Crippen LogP contribution in [0.15, 0.2) is 23.4 Å². The quantitative estimate of drug-likeness (QED) is 0.735. The molecule has 19 heavy (non-hydrogen) atoms. The number of rotatable bonds is 7. The summed E-state index contributed by atoms with van der Waals surface area (Å²) < 4.78 is 5.06. The third-order valence-corrected chi connectivity index (χ3v) is 2.70. The number of nitrogens with zero attached hydrogens (tertiary/aromatic N) is 1. The first-order chi connectivity index (χ1) is 9.10. The summed E-state index contributed by atoms with van der Waals surface area (Å²) >= 11 is 0. The van der Waals surface area contributed by atoms with Crippen LogP contribution in [0.5, 0.6) is 0 Å². The Kier molecular flexibility index (Phi) is 6.11. The summed E-state index contributed by atoms with van der Waals surface area (Å²) in [5.74, 6) is -0.137. The van der Waals surface area contributed by atoms with Crippen LogP contribution >= 0.6 is 0 Å². The smallest absolute Gasteiger partial charge is 0.241 e. The maximum Gasteiger partial charge on any atom is 0.241 e. The molecule has 0 aliphatic heterocycles. The lowest BCUT2D eigenvalue weighted by Gasteiger charge is -2.13. The fourth-order valence-electron chi connectivity index (χ4n) is 1.63. The van der Waals surface area contributed by atoms with Crippen molar-refractivity contribution in [1.29, 1.82) is 0 Å². The van der Waals surface area contributed by atoms with Crippen molar-refractivity contribution in [2.24, 2.45) is 5.18 Å². The molecule has 1 aromatic rings. The van der Waals surface area contributed by atoms with E-state index in [0.29, 0.717) is 12.3 Å². The molecule has 0 aliphatic rings. The SMILES string of the molecule is CNC(C)C(=O)Nc1cc(CN=O)cc(COC)c1. The van der Waals surface area contributed by atoms with E-state index in [1.54, 1.807) is 27.1 Å². The van der Waals surface area contributed by atoms with Crippen molar-refractivity contribution < 1.29 is 9.53 Å². The van der Waals surface area contributed by atoms with E-state index in [1.807, 2.05) is 12.1 Å². The number of likely N-dealkylation sites (N-methyl/N-ethyl adjacent to an activating group) is 1. The first-order valence-corrected chi connectivity index (χ1v) is 5.99. The van der Waals surface area contributed by atoms with Gasteiger partial charge >= 0.3 is 0 Å². The van der Waals surface area contributed by atoms with Gasteiger partial charge in [0.1, 0.15) is 6.54 Å². The molecule has 0 heterocycles. The van der Waals surface area contributed by atoms with Crippen LogP contribution in [-0.2, 0) is 22.7 Å². The van der Waals surface area contributed by atoms with E-state index in [2.05, 4.69) is 15.8 Å². The van der Waals surface area contributed by atoms with Crippen LogP contribution in [0.25, 0.3) is 0 Å². The summed E-state index contributed by atoms with van der Waals surface area (Å²) in [6.07, 6.45) is 0. The van der Waals surface area contributed by atoms with E-state index in [-0.39, 0.29) is 18.5 Å². The zero-order valence-electron chi connectivity index (χ0n) is 11.4. The van der Waals surface area contributed by atoms with E-state index < -0.39 is 0 Å². The Bertz CT molecular complexity index is 449. The number of nitroso groups, excluding NO2 is 1. The van der Waals surface area contributed by atoms with Crippen molar-refractivity contribution in [3.05, 3.63) is 34.2 Å². The molecule has 0 bridgehead atoms. The number of carbonyl (C=O) groups excluding carboxylic acids is 1. The topological polar surface area (TPSA) is 79.8 Å². The summed E-state index contributed by atoms with van der Waals surface area (Å²) in [5.41, 5.74) is 2.27. The standard InChI is InChI=1S/C13H19N3O3/c1-9(14-2)13(17)16-12-5-10(7-15-18)4-11(6-12)8-19-3/h4-6,9,14H,7-8H2,1-3H3,(H,16,17). The molecular weight excluding hydrogens is 246 g/mol.